The summed E-state index contributed by atoms with van der Waals surface area (Å²) in [6.07, 6.45) is 2.03. The van der Waals surface area contributed by atoms with Gasteiger partial charge >= 0.3 is 0 Å². The number of carbonyl (C=O) groups excluding carboxylic acids is 1. The highest BCUT2D eigenvalue weighted by Crippen LogP contribution is 2.45. The predicted molar refractivity (Wildman–Crippen MR) is 66.5 cm³/mol. The van der Waals surface area contributed by atoms with Crippen molar-refractivity contribution in [2.24, 2.45) is 5.92 Å². The Morgan fingerprint density at radius 2 is 2.16 bits per heavy atom. The van der Waals surface area contributed by atoms with Crippen LogP contribution in [0.3, 0.4) is 0 Å². The van der Waals surface area contributed by atoms with E-state index in [0.717, 1.165) is 12.8 Å². The van der Waals surface area contributed by atoms with Crippen LogP contribution in [-0.4, -0.2) is 41.7 Å². The average Bonchev–Trinajstić information content (AvgIpc) is 3.18. The van der Waals surface area contributed by atoms with Crippen molar-refractivity contribution in [1.82, 2.24) is 4.90 Å². The third-order valence-electron chi connectivity index (χ3n) is 3.96. The molecule has 2 fully saturated rings. The molecule has 0 aromatic heterocycles. The first kappa shape index (κ1) is 12.4. The molecule has 0 unspecified atom stereocenters. The van der Waals surface area contributed by atoms with Crippen LogP contribution in [-0.2, 0) is 0 Å². The van der Waals surface area contributed by atoms with E-state index < -0.39 is 17.3 Å². The lowest BCUT2D eigenvalue weighted by molar-refractivity contribution is -0.0959. The third kappa shape index (κ3) is 1.98. The van der Waals surface area contributed by atoms with E-state index in [4.69, 9.17) is 4.74 Å². The largest absolute Gasteiger partial charge is 0.496 e. The second kappa shape index (κ2) is 4.20. The van der Waals surface area contributed by atoms with Crippen LogP contribution in [0.1, 0.15) is 23.2 Å². The number of aliphatic hydroxyl groups is 1. The van der Waals surface area contributed by atoms with Gasteiger partial charge in [0.25, 0.3) is 5.91 Å². The molecule has 1 saturated heterocycles. The fourth-order valence-electron chi connectivity index (χ4n) is 2.68. The monoisotopic (exact) mass is 265 g/mol. The molecule has 1 amide bonds. The number of ether oxygens (including phenoxy) is 1. The number of halogens is 1. The molecular formula is C14H16FNO3. The number of rotatable bonds is 3. The summed E-state index contributed by atoms with van der Waals surface area (Å²) < 4.78 is 18.8. The average molecular weight is 265 g/mol. The van der Waals surface area contributed by atoms with Gasteiger partial charge in [-0.3, -0.25) is 4.79 Å². The van der Waals surface area contributed by atoms with Crippen LogP contribution in [0, 0.1) is 11.7 Å². The van der Waals surface area contributed by atoms with Gasteiger partial charge in [-0.15, -0.1) is 0 Å². The number of hydrogen-bond acceptors (Lipinski definition) is 3. The molecule has 4 nitrogen and oxygen atoms in total. The number of methoxy groups -OCH3 is 1. The molecule has 2 aliphatic rings. The maximum atomic E-state index is 13.8. The molecule has 1 aliphatic carbocycles. The fraction of sp³-hybridized carbons (Fsp3) is 0.500. The Hall–Kier alpha value is -1.62. The first-order valence-corrected chi connectivity index (χ1v) is 6.39. The Morgan fingerprint density at radius 3 is 2.74 bits per heavy atom. The molecule has 0 bridgehead atoms. The van der Waals surface area contributed by atoms with Crippen molar-refractivity contribution in [3.63, 3.8) is 0 Å². The molecule has 102 valence electrons. The number of likely N-dealkylation sites (tertiary alicyclic amines) is 1. The highest BCUT2D eigenvalue weighted by Gasteiger charge is 2.53. The molecule has 1 aromatic rings. The van der Waals surface area contributed by atoms with E-state index in [9.17, 15) is 14.3 Å². The van der Waals surface area contributed by atoms with Crippen molar-refractivity contribution in [2.75, 3.05) is 20.2 Å². The van der Waals surface area contributed by atoms with Crippen LogP contribution in [0.2, 0.25) is 0 Å². The quantitative estimate of drug-likeness (QED) is 0.899. The Balaban J connectivity index is 1.78. The molecule has 1 aromatic carbocycles. The highest BCUT2D eigenvalue weighted by atomic mass is 19.1. The Morgan fingerprint density at radius 1 is 1.47 bits per heavy atom. The topological polar surface area (TPSA) is 49.8 Å². The molecule has 1 saturated carbocycles. The first-order valence-electron chi connectivity index (χ1n) is 6.39. The normalized spacial score (nSPS) is 20.9. The molecule has 5 heteroatoms. The zero-order valence-electron chi connectivity index (χ0n) is 10.7. The van der Waals surface area contributed by atoms with E-state index in [1.807, 2.05) is 0 Å². The second-order valence-electron chi connectivity index (χ2n) is 5.36. The van der Waals surface area contributed by atoms with Crippen molar-refractivity contribution in [3.05, 3.63) is 29.6 Å². The van der Waals surface area contributed by atoms with Gasteiger partial charge in [-0.05, 0) is 30.9 Å². The van der Waals surface area contributed by atoms with Gasteiger partial charge in [-0.1, -0.05) is 6.07 Å². The summed E-state index contributed by atoms with van der Waals surface area (Å²) in [7, 11) is 1.40. The van der Waals surface area contributed by atoms with E-state index in [-0.39, 0.29) is 24.4 Å². The molecular weight excluding hydrogens is 249 g/mol. The van der Waals surface area contributed by atoms with Gasteiger partial charge in [0.05, 0.1) is 20.2 Å². The number of amides is 1. The number of nitrogens with zero attached hydrogens (tertiary/aromatic N) is 1. The van der Waals surface area contributed by atoms with Gasteiger partial charge in [0.1, 0.15) is 22.7 Å². The summed E-state index contributed by atoms with van der Waals surface area (Å²) in [5, 5.41) is 10.2. The Kier molecular flexibility index (Phi) is 2.74. The summed E-state index contributed by atoms with van der Waals surface area (Å²) in [6, 6.07) is 4.30. The summed E-state index contributed by atoms with van der Waals surface area (Å²) in [4.78, 5) is 13.7. The molecule has 0 spiro atoms. The molecule has 1 N–H and O–H groups in total. The van der Waals surface area contributed by atoms with Gasteiger partial charge in [-0.25, -0.2) is 4.39 Å². The molecule has 0 atom stereocenters. The van der Waals surface area contributed by atoms with E-state index in [1.54, 1.807) is 6.07 Å². The Bertz CT molecular complexity index is 521. The maximum Gasteiger partial charge on any atom is 0.260 e. The minimum atomic E-state index is -0.756. The lowest BCUT2D eigenvalue weighted by Crippen LogP contribution is -2.64. The van der Waals surface area contributed by atoms with E-state index in [1.165, 1.54) is 24.1 Å². The van der Waals surface area contributed by atoms with Crippen LogP contribution in [0.15, 0.2) is 18.2 Å². The predicted octanol–water partition coefficient (Wildman–Crippen LogP) is 1.43. The van der Waals surface area contributed by atoms with Gasteiger partial charge < -0.3 is 14.7 Å². The van der Waals surface area contributed by atoms with Gasteiger partial charge in [0.2, 0.25) is 0 Å². The highest BCUT2D eigenvalue weighted by molar-refractivity contribution is 5.97. The smallest absolute Gasteiger partial charge is 0.260 e. The van der Waals surface area contributed by atoms with E-state index >= 15 is 0 Å². The minimum absolute atomic E-state index is 0.0529. The van der Waals surface area contributed by atoms with Crippen LogP contribution in [0.4, 0.5) is 4.39 Å². The van der Waals surface area contributed by atoms with Crippen molar-refractivity contribution in [2.45, 2.75) is 18.4 Å². The lowest BCUT2D eigenvalue weighted by Gasteiger charge is -2.47. The molecule has 19 heavy (non-hydrogen) atoms. The molecule has 3 rings (SSSR count). The SMILES string of the molecule is COc1cccc(F)c1C(=O)N1CC(O)(C2CC2)C1. The summed E-state index contributed by atoms with van der Waals surface area (Å²) in [5.74, 6) is -0.475. The van der Waals surface area contributed by atoms with Crippen molar-refractivity contribution < 1.29 is 19.0 Å². The van der Waals surface area contributed by atoms with Gasteiger partial charge in [0, 0.05) is 0 Å². The van der Waals surface area contributed by atoms with Crippen LogP contribution in [0.5, 0.6) is 5.75 Å². The number of benzene rings is 1. The third-order valence-corrected chi connectivity index (χ3v) is 3.96. The van der Waals surface area contributed by atoms with E-state index in [0.29, 0.717) is 5.92 Å². The van der Waals surface area contributed by atoms with Crippen molar-refractivity contribution in [1.29, 1.82) is 0 Å². The number of carbonyl (C=O) groups is 1. The molecule has 1 aliphatic heterocycles. The summed E-state index contributed by atoms with van der Waals surface area (Å²) in [6.45, 7) is 0.571. The maximum absolute atomic E-state index is 13.8. The number of β-amino-alcohol motifs (C(OH)–C–C–N with tert-alkyl or cyclic N) is 1. The van der Waals surface area contributed by atoms with Crippen molar-refractivity contribution in [3.8, 4) is 5.75 Å². The summed E-state index contributed by atoms with van der Waals surface area (Å²) in [5.41, 5.74) is -0.809. The van der Waals surface area contributed by atoms with Crippen LogP contribution < -0.4 is 4.74 Å². The van der Waals surface area contributed by atoms with Crippen LogP contribution >= 0.6 is 0 Å². The van der Waals surface area contributed by atoms with E-state index in [2.05, 4.69) is 0 Å². The molecule has 1 heterocycles. The second-order valence-corrected chi connectivity index (χ2v) is 5.36. The lowest BCUT2D eigenvalue weighted by atomic mass is 9.88. The van der Waals surface area contributed by atoms with Crippen molar-refractivity contribution >= 4 is 5.91 Å². The molecule has 0 radical (unpaired) electrons. The first-order chi connectivity index (χ1) is 9.05. The zero-order valence-corrected chi connectivity index (χ0v) is 10.7. The fourth-order valence-corrected chi connectivity index (χ4v) is 2.68. The minimum Gasteiger partial charge on any atom is -0.496 e. The Labute approximate surface area is 110 Å². The number of hydrogen-bond donors (Lipinski definition) is 1. The zero-order chi connectivity index (χ0) is 13.6. The van der Waals surface area contributed by atoms with Gasteiger partial charge in [-0.2, -0.15) is 0 Å². The summed E-state index contributed by atoms with van der Waals surface area (Å²) >= 11 is 0. The van der Waals surface area contributed by atoms with Crippen LogP contribution in [0.25, 0.3) is 0 Å². The van der Waals surface area contributed by atoms with Gasteiger partial charge in [0.15, 0.2) is 0 Å². The standard InChI is InChI=1S/C14H16FNO3/c1-19-11-4-2-3-10(15)12(11)13(17)16-7-14(18,8-16)9-5-6-9/h2-4,9,18H,5-8H2,1H3.